The molecule has 2 heteroatoms. The van der Waals surface area contributed by atoms with E-state index >= 15 is 0 Å². The van der Waals surface area contributed by atoms with E-state index in [0.29, 0.717) is 0 Å². The minimum atomic E-state index is 1.28. The molecule has 0 aliphatic carbocycles. The van der Waals surface area contributed by atoms with Crippen LogP contribution in [0, 0.1) is 12.0 Å². The summed E-state index contributed by atoms with van der Waals surface area (Å²) in [5.41, 5.74) is 4.68. The third-order valence-corrected chi connectivity index (χ3v) is 0.260. The molecule has 0 bridgehead atoms. The van der Waals surface area contributed by atoms with Gasteiger partial charge in [-0.05, 0) is 5.92 Å². The first-order valence-electron chi connectivity index (χ1n) is 1.06. The van der Waals surface area contributed by atoms with Crippen LogP contribution in [-0.4, -0.2) is 5.37 Å². The van der Waals surface area contributed by atoms with Gasteiger partial charge in [0.1, 0.15) is 0 Å². The standard InChI is InChI=1S/C3H3NS/c4-2-1-3-5/h3H,4H2. The zero-order valence-electron chi connectivity index (χ0n) is 2.56. The Morgan fingerprint density at radius 2 is 2.40 bits per heavy atom. The summed E-state index contributed by atoms with van der Waals surface area (Å²) in [6.45, 7) is 0. The fraction of sp³-hybridized carbons (Fsp3) is 0. The van der Waals surface area contributed by atoms with Crippen molar-refractivity contribution in [2.24, 2.45) is 5.73 Å². The molecule has 0 amide bonds. The van der Waals surface area contributed by atoms with Gasteiger partial charge in [-0.15, -0.1) is 0 Å². The van der Waals surface area contributed by atoms with E-state index in [2.05, 4.69) is 29.9 Å². The van der Waals surface area contributed by atoms with E-state index in [9.17, 15) is 0 Å². The van der Waals surface area contributed by atoms with E-state index in [-0.39, 0.29) is 0 Å². The van der Waals surface area contributed by atoms with Crippen molar-refractivity contribution in [2.45, 2.75) is 0 Å². The molecule has 0 aromatic heterocycles. The minimum Gasteiger partial charge on any atom is -0.359 e. The van der Waals surface area contributed by atoms with Crippen LogP contribution in [0.5, 0.6) is 0 Å². The summed E-state index contributed by atoms with van der Waals surface area (Å²) in [6.07, 6.45) is 0. The lowest BCUT2D eigenvalue weighted by atomic mass is 10.8. The highest BCUT2D eigenvalue weighted by molar-refractivity contribution is 7.79. The Morgan fingerprint density at radius 1 is 1.80 bits per heavy atom. The lowest BCUT2D eigenvalue weighted by Crippen LogP contribution is -1.74. The van der Waals surface area contributed by atoms with Gasteiger partial charge in [0.05, 0.1) is 5.37 Å². The van der Waals surface area contributed by atoms with E-state index < -0.39 is 0 Å². The highest BCUT2D eigenvalue weighted by atomic mass is 32.1. The Hall–Kier alpha value is -0.550. The lowest BCUT2D eigenvalue weighted by Gasteiger charge is -1.47. The Morgan fingerprint density at radius 3 is 2.40 bits per heavy atom. The molecule has 0 unspecified atom stereocenters. The zero-order valence-corrected chi connectivity index (χ0v) is 3.38. The molecule has 0 heterocycles. The Kier molecular flexibility index (Phi) is 3.07. The molecule has 0 saturated carbocycles. The van der Waals surface area contributed by atoms with Crippen molar-refractivity contribution in [2.75, 3.05) is 0 Å². The molecule has 0 fully saturated rings. The second-order valence-electron chi connectivity index (χ2n) is 0.407. The van der Waals surface area contributed by atoms with E-state index in [0.717, 1.165) is 0 Å². The van der Waals surface area contributed by atoms with Crippen molar-refractivity contribution in [3.05, 3.63) is 0 Å². The van der Waals surface area contributed by atoms with E-state index in [1.54, 1.807) is 0 Å². The fourth-order valence-electron chi connectivity index (χ4n) is 0.0340. The highest BCUT2D eigenvalue weighted by Gasteiger charge is 1.39. The molecule has 0 atom stereocenters. The average molecular weight is 85.1 g/mol. The van der Waals surface area contributed by atoms with Gasteiger partial charge in [0.15, 0.2) is 0 Å². The summed E-state index contributed by atoms with van der Waals surface area (Å²) in [5, 5.41) is 1.28. The van der Waals surface area contributed by atoms with Crippen LogP contribution in [0.1, 0.15) is 0 Å². The number of rotatable bonds is 0. The van der Waals surface area contributed by atoms with Crippen LogP contribution in [-0.2, 0) is 0 Å². The van der Waals surface area contributed by atoms with Gasteiger partial charge in [0.25, 0.3) is 0 Å². The van der Waals surface area contributed by atoms with Crippen LogP contribution in [0.3, 0.4) is 0 Å². The second kappa shape index (κ2) is 3.45. The maximum Gasteiger partial charge on any atom is 0.0532 e. The van der Waals surface area contributed by atoms with E-state index in [4.69, 9.17) is 0 Å². The molecule has 0 rings (SSSR count). The minimum absolute atomic E-state index is 1.28. The molecular weight excluding hydrogens is 82.1 g/mol. The monoisotopic (exact) mass is 85.0 g/mol. The number of hydrogen-bond acceptors (Lipinski definition) is 2. The smallest absolute Gasteiger partial charge is 0.0532 e. The molecule has 0 saturated heterocycles. The summed E-state index contributed by atoms with van der Waals surface area (Å²) in [4.78, 5) is 0. The normalized spacial score (nSPS) is 4.00. The Labute approximate surface area is 36.2 Å². The van der Waals surface area contributed by atoms with Gasteiger partial charge in [-0.1, -0.05) is 12.2 Å². The van der Waals surface area contributed by atoms with Crippen molar-refractivity contribution < 1.29 is 0 Å². The van der Waals surface area contributed by atoms with Crippen molar-refractivity contribution in [1.82, 2.24) is 0 Å². The topological polar surface area (TPSA) is 26.0 Å². The van der Waals surface area contributed by atoms with Crippen LogP contribution in [0.2, 0.25) is 0 Å². The third-order valence-electron chi connectivity index (χ3n) is 0.142. The largest absolute Gasteiger partial charge is 0.359 e. The molecule has 0 aliphatic rings. The van der Waals surface area contributed by atoms with E-state index in [1.807, 2.05) is 0 Å². The predicted molar refractivity (Wildman–Crippen MR) is 25.6 cm³/mol. The molecule has 0 spiro atoms. The van der Waals surface area contributed by atoms with Gasteiger partial charge >= 0.3 is 0 Å². The van der Waals surface area contributed by atoms with E-state index in [1.165, 1.54) is 5.37 Å². The molecule has 0 aliphatic heterocycles. The van der Waals surface area contributed by atoms with Gasteiger partial charge in [0.2, 0.25) is 0 Å². The van der Waals surface area contributed by atoms with Crippen LogP contribution in [0.15, 0.2) is 0 Å². The van der Waals surface area contributed by atoms with Crippen LogP contribution in [0.25, 0.3) is 0 Å². The quantitative estimate of drug-likeness (QED) is 0.252. The van der Waals surface area contributed by atoms with Crippen LogP contribution in [0.4, 0.5) is 0 Å². The van der Waals surface area contributed by atoms with Crippen molar-refractivity contribution in [3.8, 4) is 12.0 Å². The first-order valence-corrected chi connectivity index (χ1v) is 1.53. The molecule has 2 N–H and O–H groups in total. The average Bonchev–Trinajstić information content (AvgIpc) is 1.41. The summed E-state index contributed by atoms with van der Waals surface area (Å²) in [7, 11) is 0. The maximum absolute atomic E-state index is 4.68. The van der Waals surface area contributed by atoms with Gasteiger partial charge in [-0.3, -0.25) is 0 Å². The van der Waals surface area contributed by atoms with Crippen LogP contribution >= 0.6 is 12.2 Å². The number of hydrogen-bond donors (Lipinski definition) is 1. The molecule has 26 valence electrons. The van der Waals surface area contributed by atoms with Gasteiger partial charge in [-0.25, -0.2) is 0 Å². The van der Waals surface area contributed by atoms with Gasteiger partial charge in [0, 0.05) is 6.04 Å². The van der Waals surface area contributed by atoms with Crippen LogP contribution < -0.4 is 5.73 Å². The molecule has 0 aromatic rings. The molecule has 5 heavy (non-hydrogen) atoms. The summed E-state index contributed by atoms with van der Waals surface area (Å²) in [5.74, 6) is 2.33. The maximum atomic E-state index is 4.68. The fourth-order valence-corrected chi connectivity index (χ4v) is 0.102. The Balaban J connectivity index is 3.16. The molecule has 0 aromatic carbocycles. The molecule has 0 radical (unpaired) electrons. The zero-order chi connectivity index (χ0) is 4.12. The third kappa shape index (κ3) is 3.45. The number of nitrogens with two attached hydrogens (primary N) is 1. The second-order valence-corrected chi connectivity index (χ2v) is 0.642. The lowest BCUT2D eigenvalue weighted by molar-refractivity contribution is 1.75. The Bertz CT molecular complexity index is 76.6. The first kappa shape index (κ1) is 4.45. The van der Waals surface area contributed by atoms with Crippen molar-refractivity contribution in [1.29, 1.82) is 0 Å². The SMILES string of the molecule is NC#CC=S. The van der Waals surface area contributed by atoms with Gasteiger partial charge < -0.3 is 5.73 Å². The highest BCUT2D eigenvalue weighted by Crippen LogP contribution is 1.38. The van der Waals surface area contributed by atoms with Crippen molar-refractivity contribution >= 4 is 17.6 Å². The molecule has 1 nitrogen and oxygen atoms in total. The molecular formula is C3H3NS. The summed E-state index contributed by atoms with van der Waals surface area (Å²) >= 11 is 4.27. The predicted octanol–water partition coefficient (Wildman–Crippen LogP) is -0.0943. The van der Waals surface area contributed by atoms with Crippen molar-refractivity contribution in [3.63, 3.8) is 0 Å². The first-order chi connectivity index (χ1) is 2.41. The summed E-state index contributed by atoms with van der Waals surface area (Å²) < 4.78 is 0. The summed E-state index contributed by atoms with van der Waals surface area (Å²) in [6, 6.07) is 2.11. The number of thiocarbonyl (C=S) groups is 1. The van der Waals surface area contributed by atoms with Gasteiger partial charge in [-0.2, -0.15) is 0 Å².